The fourth-order valence-electron chi connectivity index (χ4n) is 1.79. The van der Waals surface area contributed by atoms with Crippen LogP contribution in [0.4, 0.5) is 0 Å². The van der Waals surface area contributed by atoms with Crippen molar-refractivity contribution in [3.05, 3.63) is 40.7 Å². The summed E-state index contributed by atoms with van der Waals surface area (Å²) in [6.45, 7) is 7.59. The Morgan fingerprint density at radius 3 is 2.80 bits per heavy atom. The van der Waals surface area contributed by atoms with E-state index >= 15 is 0 Å². The van der Waals surface area contributed by atoms with Gasteiger partial charge in [0, 0.05) is 30.6 Å². The van der Waals surface area contributed by atoms with Gasteiger partial charge in [0.2, 0.25) is 0 Å². The van der Waals surface area contributed by atoms with E-state index in [0.717, 1.165) is 37.0 Å². The molecule has 0 unspecified atom stereocenters. The van der Waals surface area contributed by atoms with Crippen molar-refractivity contribution in [3.8, 4) is 11.3 Å². The smallest absolute Gasteiger partial charge is 0.107 e. The number of nitrogens with one attached hydrogen (secondary N) is 1. The average Bonchev–Trinajstić information content (AvgIpc) is 2.92. The third-order valence-electron chi connectivity index (χ3n) is 2.77. The molecule has 1 aromatic carbocycles. The van der Waals surface area contributed by atoms with Gasteiger partial charge in [-0.25, -0.2) is 4.98 Å². The molecule has 1 aromatic heterocycles. The lowest BCUT2D eigenvalue weighted by molar-refractivity contribution is 0.111. The number of ether oxygens (including phenoxy) is 1. The van der Waals surface area contributed by atoms with Crippen LogP contribution in [-0.2, 0) is 11.3 Å². The van der Waals surface area contributed by atoms with Crippen molar-refractivity contribution in [3.63, 3.8) is 0 Å². The topological polar surface area (TPSA) is 34.1 Å². The Hall–Kier alpha value is -1.23. The fraction of sp³-hybridized carbons (Fsp3) is 0.438. The molecule has 0 saturated carbocycles. The molecule has 0 atom stereocenters. The normalized spacial score (nSPS) is 11.2. The van der Waals surface area contributed by atoms with E-state index < -0.39 is 0 Å². The molecule has 0 amide bonds. The molecule has 4 heteroatoms. The first-order valence-electron chi connectivity index (χ1n) is 7.04. The van der Waals surface area contributed by atoms with Gasteiger partial charge in [0.25, 0.3) is 0 Å². The van der Waals surface area contributed by atoms with E-state index in [1.165, 1.54) is 5.56 Å². The minimum Gasteiger partial charge on any atom is -0.380 e. The van der Waals surface area contributed by atoms with E-state index in [1.807, 2.05) is 18.2 Å². The largest absolute Gasteiger partial charge is 0.380 e. The van der Waals surface area contributed by atoms with Crippen molar-refractivity contribution in [1.82, 2.24) is 10.3 Å². The molecule has 2 aromatic rings. The first-order valence-corrected chi connectivity index (χ1v) is 7.92. The van der Waals surface area contributed by atoms with Crippen LogP contribution in [0.25, 0.3) is 11.3 Å². The number of aromatic nitrogens is 1. The van der Waals surface area contributed by atoms with Crippen molar-refractivity contribution < 1.29 is 4.74 Å². The van der Waals surface area contributed by atoms with E-state index in [0.29, 0.717) is 5.92 Å². The summed E-state index contributed by atoms with van der Waals surface area (Å²) >= 11 is 1.70. The SMILES string of the molecule is CC(C)COCCNCc1nc(-c2ccccc2)cs1. The molecule has 0 saturated heterocycles. The predicted octanol–water partition coefficient (Wildman–Crippen LogP) is 3.57. The number of hydrogen-bond acceptors (Lipinski definition) is 4. The van der Waals surface area contributed by atoms with Gasteiger partial charge in [-0.2, -0.15) is 0 Å². The Morgan fingerprint density at radius 2 is 2.05 bits per heavy atom. The Morgan fingerprint density at radius 1 is 1.25 bits per heavy atom. The van der Waals surface area contributed by atoms with Gasteiger partial charge >= 0.3 is 0 Å². The van der Waals surface area contributed by atoms with Crippen LogP contribution in [0.2, 0.25) is 0 Å². The lowest BCUT2D eigenvalue weighted by Crippen LogP contribution is -2.20. The molecule has 1 heterocycles. The molecule has 0 aliphatic carbocycles. The molecule has 0 spiro atoms. The highest BCUT2D eigenvalue weighted by atomic mass is 32.1. The van der Waals surface area contributed by atoms with Crippen LogP contribution in [0, 0.1) is 5.92 Å². The second kappa shape index (κ2) is 8.15. The number of nitrogens with zero attached hydrogens (tertiary/aromatic N) is 1. The molecule has 20 heavy (non-hydrogen) atoms. The Kier molecular flexibility index (Phi) is 6.18. The maximum Gasteiger partial charge on any atom is 0.107 e. The molecule has 1 N–H and O–H groups in total. The van der Waals surface area contributed by atoms with E-state index in [1.54, 1.807) is 11.3 Å². The quantitative estimate of drug-likeness (QED) is 0.755. The number of benzene rings is 1. The zero-order chi connectivity index (χ0) is 14.2. The molecular weight excluding hydrogens is 268 g/mol. The number of hydrogen-bond donors (Lipinski definition) is 1. The van der Waals surface area contributed by atoms with Gasteiger partial charge in [0.15, 0.2) is 0 Å². The molecule has 3 nitrogen and oxygen atoms in total. The van der Waals surface area contributed by atoms with E-state index in [2.05, 4.69) is 41.7 Å². The van der Waals surface area contributed by atoms with E-state index in [-0.39, 0.29) is 0 Å². The summed E-state index contributed by atoms with van der Waals surface area (Å²) in [4.78, 5) is 4.64. The van der Waals surface area contributed by atoms with Gasteiger partial charge in [0.05, 0.1) is 12.3 Å². The summed E-state index contributed by atoms with van der Waals surface area (Å²) in [5, 5.41) is 6.59. The monoisotopic (exact) mass is 290 g/mol. The Balaban J connectivity index is 1.71. The van der Waals surface area contributed by atoms with Crippen molar-refractivity contribution in [1.29, 1.82) is 0 Å². The van der Waals surface area contributed by atoms with Crippen molar-refractivity contribution >= 4 is 11.3 Å². The first kappa shape index (κ1) is 15.2. The van der Waals surface area contributed by atoms with Crippen LogP contribution in [-0.4, -0.2) is 24.7 Å². The van der Waals surface area contributed by atoms with Gasteiger partial charge in [-0.1, -0.05) is 44.2 Å². The lowest BCUT2D eigenvalue weighted by Gasteiger charge is -2.06. The molecule has 108 valence electrons. The lowest BCUT2D eigenvalue weighted by atomic mass is 10.2. The summed E-state index contributed by atoms with van der Waals surface area (Å²) < 4.78 is 5.53. The standard InChI is InChI=1S/C16H22N2OS/c1-13(2)11-19-9-8-17-10-16-18-15(12-20-16)14-6-4-3-5-7-14/h3-7,12-13,17H,8-11H2,1-2H3. The van der Waals surface area contributed by atoms with Crippen LogP contribution in [0.15, 0.2) is 35.7 Å². The summed E-state index contributed by atoms with van der Waals surface area (Å²) in [7, 11) is 0. The van der Waals surface area contributed by atoms with Gasteiger partial charge < -0.3 is 10.1 Å². The highest BCUT2D eigenvalue weighted by molar-refractivity contribution is 7.09. The van der Waals surface area contributed by atoms with Crippen LogP contribution < -0.4 is 5.32 Å². The van der Waals surface area contributed by atoms with Crippen LogP contribution in [0.1, 0.15) is 18.9 Å². The maximum absolute atomic E-state index is 5.53. The second-order valence-electron chi connectivity index (χ2n) is 5.14. The van der Waals surface area contributed by atoms with Gasteiger partial charge in [-0.05, 0) is 5.92 Å². The fourth-order valence-corrected chi connectivity index (χ4v) is 2.57. The minimum absolute atomic E-state index is 0.599. The first-order chi connectivity index (χ1) is 9.75. The summed E-state index contributed by atoms with van der Waals surface area (Å²) in [5.41, 5.74) is 2.23. The minimum atomic E-state index is 0.599. The van der Waals surface area contributed by atoms with Gasteiger partial charge in [-0.15, -0.1) is 11.3 Å². The summed E-state index contributed by atoms with van der Waals surface area (Å²) in [5.74, 6) is 0.599. The van der Waals surface area contributed by atoms with Crippen molar-refractivity contribution in [2.24, 2.45) is 5.92 Å². The third kappa shape index (κ3) is 5.04. The van der Waals surface area contributed by atoms with Gasteiger partial charge in [0.1, 0.15) is 5.01 Å². The molecule has 0 fully saturated rings. The Bertz CT molecular complexity index is 496. The highest BCUT2D eigenvalue weighted by Gasteiger charge is 2.03. The molecule has 0 aliphatic heterocycles. The van der Waals surface area contributed by atoms with E-state index in [9.17, 15) is 0 Å². The van der Waals surface area contributed by atoms with Crippen LogP contribution >= 0.6 is 11.3 Å². The number of thiazole rings is 1. The van der Waals surface area contributed by atoms with Crippen LogP contribution in [0.5, 0.6) is 0 Å². The zero-order valence-electron chi connectivity index (χ0n) is 12.1. The average molecular weight is 290 g/mol. The van der Waals surface area contributed by atoms with Gasteiger partial charge in [-0.3, -0.25) is 0 Å². The molecule has 0 bridgehead atoms. The second-order valence-corrected chi connectivity index (χ2v) is 6.08. The van der Waals surface area contributed by atoms with Crippen LogP contribution in [0.3, 0.4) is 0 Å². The van der Waals surface area contributed by atoms with Crippen molar-refractivity contribution in [2.75, 3.05) is 19.8 Å². The Labute approximate surface area is 125 Å². The highest BCUT2D eigenvalue weighted by Crippen LogP contribution is 2.21. The molecular formula is C16H22N2OS. The zero-order valence-corrected chi connectivity index (χ0v) is 13.0. The maximum atomic E-state index is 5.53. The van der Waals surface area contributed by atoms with Crippen molar-refractivity contribution in [2.45, 2.75) is 20.4 Å². The molecule has 0 aliphatic rings. The molecule has 0 radical (unpaired) electrons. The number of rotatable bonds is 8. The van der Waals surface area contributed by atoms with E-state index in [4.69, 9.17) is 4.74 Å². The summed E-state index contributed by atoms with van der Waals surface area (Å²) in [6, 6.07) is 10.3. The predicted molar refractivity (Wildman–Crippen MR) is 84.9 cm³/mol. The third-order valence-corrected chi connectivity index (χ3v) is 3.62. The summed E-state index contributed by atoms with van der Waals surface area (Å²) in [6.07, 6.45) is 0. The molecule has 2 rings (SSSR count).